The lowest BCUT2D eigenvalue weighted by Crippen LogP contribution is -2.10. The van der Waals surface area contributed by atoms with Crippen molar-refractivity contribution in [3.63, 3.8) is 0 Å². The van der Waals surface area contributed by atoms with Gasteiger partial charge < -0.3 is 14.5 Å². The maximum absolute atomic E-state index is 11.9. The number of oxazole rings is 1. The molecule has 0 atom stereocenters. The van der Waals surface area contributed by atoms with E-state index in [9.17, 15) is 4.79 Å². The van der Waals surface area contributed by atoms with Crippen LogP contribution in [0.3, 0.4) is 0 Å². The molecule has 1 heterocycles. The number of hydrogen-bond donors (Lipinski definition) is 1. The first-order valence-electron chi connectivity index (χ1n) is 6.77. The first-order chi connectivity index (χ1) is 10.7. The van der Waals surface area contributed by atoms with Crippen molar-refractivity contribution in [3.8, 4) is 11.5 Å². The molecule has 2 aromatic carbocycles. The Morgan fingerprint density at radius 1 is 1.05 bits per heavy atom. The molecule has 3 rings (SSSR count). The number of para-hydroxylation sites is 1. The van der Waals surface area contributed by atoms with Crippen molar-refractivity contribution in [1.29, 1.82) is 0 Å². The van der Waals surface area contributed by atoms with Crippen molar-refractivity contribution in [2.75, 3.05) is 5.32 Å². The van der Waals surface area contributed by atoms with Gasteiger partial charge in [-0.1, -0.05) is 18.2 Å². The van der Waals surface area contributed by atoms with E-state index in [1.807, 2.05) is 30.3 Å². The number of benzene rings is 2. The van der Waals surface area contributed by atoms with Gasteiger partial charge in [-0.25, -0.2) is 4.98 Å². The Hall–Kier alpha value is -3.08. The van der Waals surface area contributed by atoms with Gasteiger partial charge >= 0.3 is 0 Å². The zero-order valence-electron chi connectivity index (χ0n) is 11.9. The maximum Gasteiger partial charge on any atom is 0.293 e. The van der Waals surface area contributed by atoms with Crippen molar-refractivity contribution in [1.82, 2.24) is 4.98 Å². The van der Waals surface area contributed by atoms with Gasteiger partial charge in [0.05, 0.1) is 6.20 Å². The van der Waals surface area contributed by atoms with E-state index in [0.29, 0.717) is 17.3 Å². The summed E-state index contributed by atoms with van der Waals surface area (Å²) in [7, 11) is 0. The van der Waals surface area contributed by atoms with Crippen molar-refractivity contribution in [2.45, 2.75) is 6.92 Å². The molecule has 5 nitrogen and oxygen atoms in total. The molecule has 110 valence electrons. The van der Waals surface area contributed by atoms with Crippen molar-refractivity contribution >= 4 is 11.6 Å². The highest BCUT2D eigenvalue weighted by molar-refractivity contribution is 6.02. The molecule has 0 aliphatic carbocycles. The van der Waals surface area contributed by atoms with Gasteiger partial charge in [0.1, 0.15) is 11.5 Å². The topological polar surface area (TPSA) is 64.4 Å². The Morgan fingerprint density at radius 3 is 2.36 bits per heavy atom. The van der Waals surface area contributed by atoms with Gasteiger partial charge in [0.15, 0.2) is 5.89 Å². The van der Waals surface area contributed by atoms with Crippen LogP contribution in [0.25, 0.3) is 0 Å². The van der Waals surface area contributed by atoms with Gasteiger partial charge in [-0.15, -0.1) is 0 Å². The van der Waals surface area contributed by atoms with E-state index in [2.05, 4.69) is 10.3 Å². The molecule has 0 saturated heterocycles. The molecule has 0 fully saturated rings. The number of aromatic nitrogens is 1. The summed E-state index contributed by atoms with van der Waals surface area (Å²) in [5.41, 5.74) is 0.652. The highest BCUT2D eigenvalue weighted by Gasteiger charge is 2.11. The number of anilines is 1. The lowest BCUT2D eigenvalue weighted by Gasteiger charge is -2.07. The van der Waals surface area contributed by atoms with Crippen LogP contribution in [0.4, 0.5) is 5.69 Å². The third kappa shape index (κ3) is 3.32. The minimum absolute atomic E-state index is 0.183. The van der Waals surface area contributed by atoms with E-state index in [4.69, 9.17) is 9.15 Å². The smallest absolute Gasteiger partial charge is 0.293 e. The van der Waals surface area contributed by atoms with Gasteiger partial charge in [0.25, 0.3) is 5.91 Å². The van der Waals surface area contributed by atoms with Crippen molar-refractivity contribution in [2.24, 2.45) is 0 Å². The van der Waals surface area contributed by atoms with Crippen LogP contribution in [-0.4, -0.2) is 10.9 Å². The number of aryl methyl sites for hydroxylation is 1. The quantitative estimate of drug-likeness (QED) is 0.789. The fraction of sp³-hybridized carbons (Fsp3) is 0.0588. The highest BCUT2D eigenvalue weighted by atomic mass is 16.5. The van der Waals surface area contributed by atoms with Crippen molar-refractivity contribution in [3.05, 3.63) is 72.4 Å². The van der Waals surface area contributed by atoms with Gasteiger partial charge in [0, 0.05) is 12.6 Å². The minimum atomic E-state index is -0.336. The van der Waals surface area contributed by atoms with Crippen LogP contribution in [-0.2, 0) is 0 Å². The molecule has 1 amide bonds. The number of hydrogen-bond acceptors (Lipinski definition) is 4. The summed E-state index contributed by atoms with van der Waals surface area (Å²) in [6, 6.07) is 16.6. The Bertz CT molecular complexity index is 764. The van der Waals surface area contributed by atoms with Crippen LogP contribution in [0.1, 0.15) is 16.4 Å². The monoisotopic (exact) mass is 294 g/mol. The summed E-state index contributed by atoms with van der Waals surface area (Å²) in [4.78, 5) is 15.8. The van der Waals surface area contributed by atoms with Crippen LogP contribution in [0.5, 0.6) is 11.5 Å². The SMILES string of the molecule is Cc1ncc(C(=O)Nc2ccc(Oc3ccccc3)cc2)o1. The van der Waals surface area contributed by atoms with E-state index in [0.717, 1.165) is 5.75 Å². The van der Waals surface area contributed by atoms with Gasteiger partial charge in [-0.2, -0.15) is 0 Å². The number of nitrogens with zero attached hydrogens (tertiary/aromatic N) is 1. The molecule has 22 heavy (non-hydrogen) atoms. The molecule has 1 N–H and O–H groups in total. The predicted octanol–water partition coefficient (Wildman–Crippen LogP) is 4.03. The number of rotatable bonds is 4. The molecular formula is C17H14N2O3. The summed E-state index contributed by atoms with van der Waals surface area (Å²) < 4.78 is 10.9. The number of amides is 1. The molecule has 0 aliphatic heterocycles. The third-order valence-corrected chi connectivity index (χ3v) is 2.94. The molecule has 0 bridgehead atoms. The standard InChI is InChI=1S/C17H14N2O3/c1-12-18-11-16(21-12)17(20)19-13-7-9-15(10-8-13)22-14-5-3-2-4-6-14/h2-11H,1H3,(H,19,20). The fourth-order valence-electron chi connectivity index (χ4n) is 1.89. The van der Waals surface area contributed by atoms with Gasteiger partial charge in [-0.3, -0.25) is 4.79 Å². The first-order valence-corrected chi connectivity index (χ1v) is 6.77. The second-order valence-electron chi connectivity index (χ2n) is 4.64. The number of carbonyl (C=O) groups is 1. The molecule has 0 radical (unpaired) electrons. The molecule has 5 heteroatoms. The van der Waals surface area contributed by atoms with Crippen LogP contribution in [0, 0.1) is 6.92 Å². The van der Waals surface area contributed by atoms with E-state index >= 15 is 0 Å². The van der Waals surface area contributed by atoms with Crippen LogP contribution >= 0.6 is 0 Å². The van der Waals surface area contributed by atoms with E-state index in [1.165, 1.54) is 6.20 Å². The van der Waals surface area contributed by atoms with E-state index in [1.54, 1.807) is 31.2 Å². The maximum atomic E-state index is 11.9. The van der Waals surface area contributed by atoms with Crippen molar-refractivity contribution < 1.29 is 13.9 Å². The Labute approximate surface area is 127 Å². The summed E-state index contributed by atoms with van der Waals surface area (Å²) in [5.74, 6) is 1.76. The molecular weight excluding hydrogens is 280 g/mol. The second-order valence-corrected chi connectivity index (χ2v) is 4.64. The minimum Gasteiger partial charge on any atom is -0.457 e. The van der Waals surface area contributed by atoms with Gasteiger partial charge in [0.2, 0.25) is 5.76 Å². The van der Waals surface area contributed by atoms with E-state index < -0.39 is 0 Å². The Morgan fingerprint density at radius 2 is 1.73 bits per heavy atom. The number of carbonyl (C=O) groups excluding carboxylic acids is 1. The largest absolute Gasteiger partial charge is 0.457 e. The van der Waals surface area contributed by atoms with Gasteiger partial charge in [-0.05, 0) is 36.4 Å². The van der Waals surface area contributed by atoms with Crippen LogP contribution in [0.2, 0.25) is 0 Å². The average molecular weight is 294 g/mol. The molecule has 0 saturated carbocycles. The number of ether oxygens (including phenoxy) is 1. The van der Waals surface area contributed by atoms with Crippen LogP contribution in [0.15, 0.2) is 65.2 Å². The summed E-state index contributed by atoms with van der Waals surface area (Å²) >= 11 is 0. The zero-order valence-corrected chi connectivity index (χ0v) is 11.9. The third-order valence-electron chi connectivity index (χ3n) is 2.94. The van der Waals surface area contributed by atoms with Crippen LogP contribution < -0.4 is 10.1 Å². The molecule has 0 spiro atoms. The first kappa shape index (κ1) is 13.9. The Balaban J connectivity index is 1.65. The normalized spacial score (nSPS) is 10.2. The predicted molar refractivity (Wildman–Crippen MR) is 82.2 cm³/mol. The summed E-state index contributed by atoms with van der Waals surface area (Å²) in [5, 5.41) is 2.73. The average Bonchev–Trinajstić information content (AvgIpc) is 2.97. The molecule has 1 aromatic heterocycles. The second kappa shape index (κ2) is 6.13. The molecule has 0 unspecified atom stereocenters. The Kier molecular flexibility index (Phi) is 3.87. The highest BCUT2D eigenvalue weighted by Crippen LogP contribution is 2.22. The molecule has 0 aliphatic rings. The summed E-state index contributed by atoms with van der Waals surface area (Å²) in [6.07, 6.45) is 1.40. The lowest BCUT2D eigenvalue weighted by molar-refractivity contribution is 0.0995. The zero-order chi connectivity index (χ0) is 15.4. The molecule has 3 aromatic rings. The summed E-state index contributed by atoms with van der Waals surface area (Å²) in [6.45, 7) is 1.69. The lowest BCUT2D eigenvalue weighted by atomic mass is 10.3. The van der Waals surface area contributed by atoms with E-state index in [-0.39, 0.29) is 11.7 Å². The number of nitrogens with one attached hydrogen (secondary N) is 1. The fourth-order valence-corrected chi connectivity index (χ4v) is 1.89.